The molecule has 0 radical (unpaired) electrons. The summed E-state index contributed by atoms with van der Waals surface area (Å²) in [6.45, 7) is 2.79. The molecule has 1 aromatic heterocycles. The van der Waals surface area contributed by atoms with Crippen molar-refractivity contribution in [2.24, 2.45) is 0 Å². The van der Waals surface area contributed by atoms with Gasteiger partial charge in [0.25, 0.3) is 0 Å². The van der Waals surface area contributed by atoms with Crippen molar-refractivity contribution in [2.45, 2.75) is 45.4 Å². The van der Waals surface area contributed by atoms with E-state index in [0.717, 1.165) is 32.1 Å². The molecule has 0 amide bonds. The molecular formula is C26H33NO6. The molecule has 0 aliphatic carbocycles. The molecule has 7 heteroatoms. The van der Waals surface area contributed by atoms with Gasteiger partial charge < -0.3 is 18.9 Å². The average Bonchev–Trinajstić information content (AvgIpc) is 2.84. The summed E-state index contributed by atoms with van der Waals surface area (Å²) < 4.78 is 21.4. The van der Waals surface area contributed by atoms with E-state index in [9.17, 15) is 9.59 Å². The summed E-state index contributed by atoms with van der Waals surface area (Å²) in [5, 5.41) is 0. The number of aromatic nitrogens is 1. The van der Waals surface area contributed by atoms with Gasteiger partial charge in [-0.3, -0.25) is 14.6 Å². The smallest absolute Gasteiger partial charge is 0.305 e. The Morgan fingerprint density at radius 2 is 1.67 bits per heavy atom. The number of ether oxygens (including phenoxy) is 4. The minimum Gasteiger partial charge on any atom is -0.496 e. The second-order valence-corrected chi connectivity index (χ2v) is 7.33. The maximum absolute atomic E-state index is 12.5. The summed E-state index contributed by atoms with van der Waals surface area (Å²) in [7, 11) is 3.10. The second-order valence-electron chi connectivity index (χ2n) is 7.33. The number of allylic oxidation sites excluding steroid dienone is 1. The van der Waals surface area contributed by atoms with Gasteiger partial charge in [0.05, 0.1) is 44.9 Å². The number of methoxy groups -OCH3 is 2. The maximum atomic E-state index is 12.5. The summed E-state index contributed by atoms with van der Waals surface area (Å²) in [5.41, 5.74) is 1.08. The Morgan fingerprint density at radius 3 is 2.42 bits per heavy atom. The molecule has 0 bridgehead atoms. The third kappa shape index (κ3) is 8.96. The molecule has 1 heterocycles. The Balaban J connectivity index is 1.83. The maximum Gasteiger partial charge on any atom is 0.305 e. The fraction of sp³-hybridized carbons (Fsp3) is 0.423. The van der Waals surface area contributed by atoms with Crippen LogP contribution in [0.3, 0.4) is 0 Å². The quantitative estimate of drug-likeness (QED) is 0.156. The minimum absolute atomic E-state index is 0.125. The number of para-hydroxylation sites is 1. The molecule has 0 aliphatic heterocycles. The lowest BCUT2D eigenvalue weighted by atomic mass is 10.1. The third-order valence-corrected chi connectivity index (χ3v) is 4.94. The zero-order valence-electron chi connectivity index (χ0n) is 19.7. The van der Waals surface area contributed by atoms with Crippen molar-refractivity contribution in [3.8, 4) is 17.2 Å². The highest BCUT2D eigenvalue weighted by atomic mass is 16.5. The van der Waals surface area contributed by atoms with E-state index in [0.29, 0.717) is 48.1 Å². The molecule has 0 spiro atoms. The molecule has 0 aliphatic rings. The van der Waals surface area contributed by atoms with Gasteiger partial charge in [-0.25, -0.2) is 0 Å². The van der Waals surface area contributed by atoms with Crippen LogP contribution in [0.15, 0.2) is 42.6 Å². The van der Waals surface area contributed by atoms with Gasteiger partial charge in [0.1, 0.15) is 5.75 Å². The van der Waals surface area contributed by atoms with Gasteiger partial charge in [-0.15, -0.1) is 0 Å². The molecular weight excluding hydrogens is 422 g/mol. The highest BCUT2D eigenvalue weighted by molar-refractivity contribution is 6.08. The van der Waals surface area contributed by atoms with Gasteiger partial charge in [-0.05, 0) is 44.1 Å². The van der Waals surface area contributed by atoms with Crippen molar-refractivity contribution in [1.82, 2.24) is 4.98 Å². The van der Waals surface area contributed by atoms with Crippen molar-refractivity contribution in [3.05, 3.63) is 53.9 Å². The molecule has 7 nitrogen and oxygen atoms in total. The molecule has 0 unspecified atom stereocenters. The predicted molar refractivity (Wildman–Crippen MR) is 127 cm³/mol. The zero-order chi connectivity index (χ0) is 23.9. The Bertz CT molecular complexity index is 925. The highest BCUT2D eigenvalue weighted by Gasteiger charge is 2.10. The molecule has 33 heavy (non-hydrogen) atoms. The van der Waals surface area contributed by atoms with Crippen LogP contribution in [0.5, 0.6) is 17.2 Å². The van der Waals surface area contributed by atoms with E-state index in [1.165, 1.54) is 13.2 Å². The first-order valence-electron chi connectivity index (χ1n) is 11.3. The minimum atomic E-state index is -0.171. The lowest BCUT2D eigenvalue weighted by Crippen LogP contribution is -2.03. The number of nitrogens with zero attached hydrogens (tertiary/aromatic N) is 1. The van der Waals surface area contributed by atoms with E-state index in [4.69, 9.17) is 18.9 Å². The highest BCUT2D eigenvalue weighted by Crippen LogP contribution is 2.27. The number of hydrogen-bond donors (Lipinski definition) is 0. The monoisotopic (exact) mass is 455 g/mol. The third-order valence-electron chi connectivity index (χ3n) is 4.94. The average molecular weight is 456 g/mol. The van der Waals surface area contributed by atoms with Crippen LogP contribution in [0.4, 0.5) is 0 Å². The van der Waals surface area contributed by atoms with E-state index in [1.54, 1.807) is 43.6 Å². The number of esters is 1. The van der Waals surface area contributed by atoms with Gasteiger partial charge >= 0.3 is 5.97 Å². The fourth-order valence-corrected chi connectivity index (χ4v) is 3.21. The van der Waals surface area contributed by atoms with Gasteiger partial charge in [-0.2, -0.15) is 0 Å². The van der Waals surface area contributed by atoms with Crippen molar-refractivity contribution in [2.75, 3.05) is 27.4 Å². The van der Waals surface area contributed by atoms with Crippen LogP contribution >= 0.6 is 0 Å². The summed E-state index contributed by atoms with van der Waals surface area (Å²) in [6.07, 6.45) is 9.95. The van der Waals surface area contributed by atoms with Gasteiger partial charge in [-0.1, -0.05) is 31.4 Å². The molecule has 0 fully saturated rings. The normalized spacial score (nSPS) is 10.8. The number of rotatable bonds is 15. The Hall–Kier alpha value is -3.35. The lowest BCUT2D eigenvalue weighted by Gasteiger charge is -2.11. The number of hydrogen-bond acceptors (Lipinski definition) is 7. The first kappa shape index (κ1) is 25.9. The standard InChI is InChI=1S/C26H33NO6/c1-4-32-26(29)14-8-6-5-7-11-17-33-24-18-20(27-19-25(24)31-3)15-16-22(28)21-12-9-10-13-23(21)30-2/h9-10,12-13,15-16,18-19H,4-8,11,14,17H2,1-3H3. The number of carbonyl (C=O) groups excluding carboxylic acids is 2. The van der Waals surface area contributed by atoms with Gasteiger partial charge in [0.2, 0.25) is 0 Å². The van der Waals surface area contributed by atoms with Crippen LogP contribution in [0.2, 0.25) is 0 Å². The summed E-state index contributed by atoms with van der Waals surface area (Å²) in [6, 6.07) is 8.83. The number of unbranched alkanes of at least 4 members (excludes halogenated alkanes) is 4. The van der Waals surface area contributed by atoms with Crippen LogP contribution in [0.25, 0.3) is 6.08 Å². The zero-order valence-corrected chi connectivity index (χ0v) is 19.7. The van der Waals surface area contributed by atoms with E-state index < -0.39 is 0 Å². The Morgan fingerprint density at radius 1 is 0.939 bits per heavy atom. The molecule has 0 atom stereocenters. The van der Waals surface area contributed by atoms with Crippen molar-refractivity contribution >= 4 is 17.8 Å². The lowest BCUT2D eigenvalue weighted by molar-refractivity contribution is -0.143. The van der Waals surface area contributed by atoms with Gasteiger partial charge in [0.15, 0.2) is 17.3 Å². The Labute approximate surface area is 195 Å². The SMILES string of the molecule is CCOC(=O)CCCCCCCOc1cc(C=CC(=O)c2ccccc2OC)ncc1OC. The number of carbonyl (C=O) groups is 2. The fourth-order valence-electron chi connectivity index (χ4n) is 3.21. The molecule has 178 valence electrons. The van der Waals surface area contributed by atoms with Crippen molar-refractivity contribution < 1.29 is 28.5 Å². The number of ketones is 1. The van der Waals surface area contributed by atoms with E-state index in [-0.39, 0.29) is 11.8 Å². The molecule has 1 aromatic carbocycles. The first-order chi connectivity index (χ1) is 16.1. The van der Waals surface area contributed by atoms with Crippen LogP contribution in [-0.4, -0.2) is 44.2 Å². The molecule has 0 saturated heterocycles. The molecule has 0 saturated carbocycles. The molecule has 2 rings (SSSR count). The van der Waals surface area contributed by atoms with Crippen LogP contribution in [-0.2, 0) is 9.53 Å². The molecule has 0 N–H and O–H groups in total. The largest absolute Gasteiger partial charge is 0.496 e. The Kier molecular flexibility index (Phi) is 11.5. The van der Waals surface area contributed by atoms with Gasteiger partial charge in [0, 0.05) is 12.5 Å². The van der Waals surface area contributed by atoms with Crippen molar-refractivity contribution in [1.29, 1.82) is 0 Å². The first-order valence-corrected chi connectivity index (χ1v) is 11.3. The van der Waals surface area contributed by atoms with Crippen LogP contribution in [0.1, 0.15) is 61.5 Å². The predicted octanol–water partition coefficient (Wildman–Crippen LogP) is 5.28. The topological polar surface area (TPSA) is 84.0 Å². The van der Waals surface area contributed by atoms with E-state index >= 15 is 0 Å². The summed E-state index contributed by atoms with van der Waals surface area (Å²) >= 11 is 0. The van der Waals surface area contributed by atoms with Crippen LogP contribution < -0.4 is 14.2 Å². The van der Waals surface area contributed by atoms with E-state index in [2.05, 4.69) is 4.98 Å². The number of benzene rings is 1. The second kappa shape index (κ2) is 14.7. The van der Waals surface area contributed by atoms with E-state index in [1.807, 2.05) is 13.0 Å². The van der Waals surface area contributed by atoms with Crippen LogP contribution in [0, 0.1) is 0 Å². The summed E-state index contributed by atoms with van der Waals surface area (Å²) in [4.78, 5) is 28.1. The number of pyridine rings is 1. The van der Waals surface area contributed by atoms with Crippen molar-refractivity contribution in [3.63, 3.8) is 0 Å². The molecule has 2 aromatic rings. The summed E-state index contributed by atoms with van der Waals surface area (Å²) in [5.74, 6) is 1.35.